The van der Waals surface area contributed by atoms with E-state index < -0.39 is 0 Å². The number of aromatic nitrogens is 6. The van der Waals surface area contributed by atoms with Crippen LogP contribution in [0.1, 0.15) is 336 Å². The van der Waals surface area contributed by atoms with Gasteiger partial charge in [-0.25, -0.2) is 19.9 Å². The Labute approximate surface area is 535 Å². The summed E-state index contributed by atoms with van der Waals surface area (Å²) in [5.74, 6) is 0.443. The van der Waals surface area contributed by atoms with Gasteiger partial charge in [0.25, 0.3) is 22.2 Å². The van der Waals surface area contributed by atoms with Crippen molar-refractivity contribution in [1.82, 2.24) is 29.1 Å². The number of unbranched alkanes of at least 4 members (excludes halogenated alkanes) is 40. The first kappa shape index (κ1) is 71.7. The number of benzene rings is 2. The minimum atomic E-state index is -0.387. The van der Waals surface area contributed by atoms with Crippen LogP contribution in [0.25, 0.3) is 54.9 Å². The Bertz CT molecular complexity index is 2880. The molecule has 480 valence electrons. The smallest absolute Gasteiger partial charge is 0.271 e. The van der Waals surface area contributed by atoms with E-state index in [1.807, 2.05) is 12.1 Å². The Kier molecular flexibility index (Phi) is 34.9. The van der Waals surface area contributed by atoms with Crippen molar-refractivity contribution in [3.05, 3.63) is 62.5 Å². The zero-order chi connectivity index (χ0) is 61.1. The van der Waals surface area contributed by atoms with E-state index in [9.17, 15) is 19.2 Å². The molecule has 0 radical (unpaired) electrons. The van der Waals surface area contributed by atoms with Gasteiger partial charge in [0.15, 0.2) is 22.1 Å². The molecule has 86 heavy (non-hydrogen) atoms. The molecule has 0 amide bonds. The normalized spacial score (nSPS) is 12.9. The standard InChI is InChI=1S/C74H116Br2N6O4/c1-5-9-13-17-21-25-29-31-35-39-43-47-51-57(49-45-41-37-33-27-23-19-15-11-7-3)55-81-71(83)67-69(73(81)85)79-65-61(75)54-60-59(63(65)77-67)53-62(76)66-64(60)78-68-70(80-66)74(86)82(72(68)84)56-58(50-46-42-38-34-28-24-20-16-12-8-4)52-48-44-40-36-32-30-26-22-18-14-10-6-2/h53-54,57-58H,5-52,55-56H2,1-4H3. The van der Waals surface area contributed by atoms with Gasteiger partial charge in [-0.15, -0.1) is 0 Å². The number of hydrogen-bond donors (Lipinski definition) is 0. The second-order valence-electron chi connectivity index (χ2n) is 26.5. The molecule has 2 atom stereocenters. The van der Waals surface area contributed by atoms with Gasteiger partial charge in [0.05, 0.1) is 11.0 Å². The fourth-order valence-electron chi connectivity index (χ4n) is 13.7. The molecular formula is C74H116Br2N6O4. The van der Waals surface area contributed by atoms with E-state index in [2.05, 4.69) is 59.6 Å². The van der Waals surface area contributed by atoms with Crippen LogP contribution in [0.15, 0.2) is 40.3 Å². The summed E-state index contributed by atoms with van der Waals surface area (Å²) in [6.45, 7) is 9.85. The third-order valence-corrected chi connectivity index (χ3v) is 20.3. The van der Waals surface area contributed by atoms with E-state index in [1.54, 1.807) is 0 Å². The number of nitrogens with zero attached hydrogens (tertiary/aromatic N) is 6. The Morgan fingerprint density at radius 3 is 0.674 bits per heavy atom. The van der Waals surface area contributed by atoms with Crippen molar-refractivity contribution in [3.63, 3.8) is 0 Å². The van der Waals surface area contributed by atoms with Gasteiger partial charge in [-0.3, -0.25) is 28.3 Å². The maximum absolute atomic E-state index is 14.5. The minimum Gasteiger partial charge on any atom is -0.271 e. The largest absolute Gasteiger partial charge is 0.281 e. The maximum Gasteiger partial charge on any atom is 0.281 e. The van der Waals surface area contributed by atoms with Gasteiger partial charge in [-0.2, -0.15) is 0 Å². The molecule has 0 fully saturated rings. The maximum atomic E-state index is 14.5. The van der Waals surface area contributed by atoms with E-state index in [-0.39, 0.29) is 56.1 Å². The summed E-state index contributed by atoms with van der Waals surface area (Å²) in [6.07, 6.45) is 60.6. The molecule has 0 N–H and O–H groups in total. The molecule has 6 aromatic rings. The second kappa shape index (κ2) is 41.8. The van der Waals surface area contributed by atoms with Gasteiger partial charge in [0.2, 0.25) is 0 Å². The van der Waals surface area contributed by atoms with Crippen LogP contribution in [-0.4, -0.2) is 29.1 Å². The van der Waals surface area contributed by atoms with Gasteiger partial charge in [0.1, 0.15) is 11.0 Å². The fraction of sp³-hybridized carbons (Fsp3) is 0.757. The molecule has 0 spiro atoms. The SMILES string of the molecule is CCCCCCCCCCCCCCC(CCCCCCCCCCCC)Cn1c(=O)c2nc3c(Br)cc4c(cc(Br)c5nc6c(=O)n(CC(CCCCCCCCCCCC)CCCCCCCCCCCCCC)c(=O)c6nc54)c3nc2c1=O. The second-order valence-corrected chi connectivity index (χ2v) is 28.2. The molecule has 0 aliphatic carbocycles. The van der Waals surface area contributed by atoms with Crippen molar-refractivity contribution in [3.8, 4) is 0 Å². The van der Waals surface area contributed by atoms with E-state index in [0.29, 0.717) is 54.9 Å². The van der Waals surface area contributed by atoms with Crippen LogP contribution in [0, 0.1) is 11.8 Å². The molecule has 12 heteroatoms. The topological polar surface area (TPSA) is 130 Å². The van der Waals surface area contributed by atoms with Gasteiger partial charge < -0.3 is 0 Å². The van der Waals surface area contributed by atoms with Crippen molar-refractivity contribution in [2.45, 2.75) is 349 Å². The van der Waals surface area contributed by atoms with E-state index in [0.717, 1.165) is 51.4 Å². The summed E-state index contributed by atoms with van der Waals surface area (Å²) in [7, 11) is 0. The first-order chi connectivity index (χ1) is 42.1. The highest BCUT2D eigenvalue weighted by atomic mass is 79.9. The summed E-state index contributed by atoms with van der Waals surface area (Å²) in [4.78, 5) is 77.5. The van der Waals surface area contributed by atoms with Crippen molar-refractivity contribution < 1.29 is 0 Å². The zero-order valence-corrected chi connectivity index (χ0v) is 57.9. The lowest BCUT2D eigenvalue weighted by Crippen LogP contribution is -2.29. The van der Waals surface area contributed by atoms with Crippen LogP contribution in [0.2, 0.25) is 0 Å². The lowest BCUT2D eigenvalue weighted by molar-refractivity contribution is 0.351. The molecule has 2 unspecified atom stereocenters. The summed E-state index contributed by atoms with van der Waals surface area (Å²) in [5, 5.41) is 1.31. The monoisotopic (exact) mass is 1310 g/mol. The van der Waals surface area contributed by atoms with Crippen LogP contribution in [0.4, 0.5) is 0 Å². The summed E-state index contributed by atoms with van der Waals surface area (Å²) in [6, 6.07) is 3.78. The Hall–Kier alpha value is -3.38. The Balaban J connectivity index is 1.18. The van der Waals surface area contributed by atoms with E-state index >= 15 is 0 Å². The first-order valence-corrected chi connectivity index (χ1v) is 37.8. The predicted octanol–water partition coefficient (Wildman–Crippen LogP) is 22.5. The van der Waals surface area contributed by atoms with Crippen LogP contribution in [0.5, 0.6) is 0 Å². The van der Waals surface area contributed by atoms with Crippen molar-refractivity contribution in [1.29, 1.82) is 0 Å². The number of hydrogen-bond acceptors (Lipinski definition) is 8. The molecular weight excluding hydrogens is 1200 g/mol. The summed E-state index contributed by atoms with van der Waals surface area (Å²) >= 11 is 7.55. The third kappa shape index (κ3) is 23.1. The van der Waals surface area contributed by atoms with Gasteiger partial charge in [-0.05, 0) is 81.5 Å². The van der Waals surface area contributed by atoms with E-state index in [1.165, 1.54) is 266 Å². The number of halogens is 2. The molecule has 0 saturated carbocycles. The average molecular weight is 1310 g/mol. The molecule has 0 saturated heterocycles. The van der Waals surface area contributed by atoms with Crippen molar-refractivity contribution in [2.24, 2.45) is 11.8 Å². The summed E-state index contributed by atoms with van der Waals surface area (Å²) in [5.41, 5.74) is 0.675. The highest BCUT2D eigenvalue weighted by Crippen LogP contribution is 2.37. The van der Waals surface area contributed by atoms with Gasteiger partial charge in [0, 0.05) is 32.8 Å². The fourth-order valence-corrected chi connectivity index (χ4v) is 14.7. The van der Waals surface area contributed by atoms with Gasteiger partial charge >= 0.3 is 0 Å². The Morgan fingerprint density at radius 1 is 0.279 bits per heavy atom. The first-order valence-electron chi connectivity index (χ1n) is 36.2. The highest BCUT2D eigenvalue weighted by molar-refractivity contribution is 9.11. The predicted molar refractivity (Wildman–Crippen MR) is 375 cm³/mol. The van der Waals surface area contributed by atoms with Crippen LogP contribution in [0.3, 0.4) is 0 Å². The lowest BCUT2D eigenvalue weighted by Gasteiger charge is -2.17. The average Bonchev–Trinajstić information content (AvgIpc) is 1.35. The van der Waals surface area contributed by atoms with Crippen LogP contribution < -0.4 is 22.2 Å². The van der Waals surface area contributed by atoms with Crippen LogP contribution in [-0.2, 0) is 13.1 Å². The molecule has 4 aromatic heterocycles. The summed E-state index contributed by atoms with van der Waals surface area (Å²) < 4.78 is 4.02. The number of fused-ring (bicyclic) bond motifs is 7. The van der Waals surface area contributed by atoms with Gasteiger partial charge in [-0.1, -0.05) is 310 Å². The third-order valence-electron chi connectivity index (χ3n) is 19.1. The minimum absolute atomic E-state index is 0.0773. The van der Waals surface area contributed by atoms with Crippen molar-refractivity contribution >= 4 is 86.8 Å². The van der Waals surface area contributed by atoms with E-state index in [4.69, 9.17) is 19.9 Å². The quantitative estimate of drug-likeness (QED) is 0.0273. The lowest BCUT2D eigenvalue weighted by atomic mass is 9.93. The molecule has 2 aromatic carbocycles. The molecule has 0 aliphatic heterocycles. The molecule has 0 bridgehead atoms. The number of rotatable bonds is 52. The molecule has 4 heterocycles. The molecule has 6 rings (SSSR count). The Morgan fingerprint density at radius 2 is 0.465 bits per heavy atom. The highest BCUT2D eigenvalue weighted by Gasteiger charge is 2.25. The van der Waals surface area contributed by atoms with Crippen LogP contribution >= 0.6 is 31.9 Å². The van der Waals surface area contributed by atoms with Crippen molar-refractivity contribution in [2.75, 3.05) is 0 Å². The molecule has 10 nitrogen and oxygen atoms in total. The zero-order valence-electron chi connectivity index (χ0n) is 54.7. The molecule has 0 aliphatic rings.